The van der Waals surface area contributed by atoms with Crippen LogP contribution in [0.2, 0.25) is 0 Å². The molecule has 1 aromatic carbocycles. The molecule has 2 fully saturated rings. The summed E-state index contributed by atoms with van der Waals surface area (Å²) in [5.74, 6) is 1.07. The summed E-state index contributed by atoms with van der Waals surface area (Å²) in [7, 11) is -3.39. The van der Waals surface area contributed by atoms with Gasteiger partial charge in [-0.2, -0.15) is 0 Å². The monoisotopic (exact) mass is 436 g/mol. The van der Waals surface area contributed by atoms with Gasteiger partial charge in [0.2, 0.25) is 10.0 Å². The molecule has 2 bridgehead atoms. The Morgan fingerprint density at radius 1 is 1.10 bits per heavy atom. The molecule has 3 aliphatic heterocycles. The third kappa shape index (κ3) is 4.81. The molecular weight excluding hydrogens is 404 g/mol. The van der Waals surface area contributed by atoms with Gasteiger partial charge in [-0.25, -0.2) is 13.1 Å². The Labute approximate surface area is 179 Å². The van der Waals surface area contributed by atoms with Crippen molar-refractivity contribution in [3.05, 3.63) is 29.8 Å². The van der Waals surface area contributed by atoms with Crippen LogP contribution in [0.3, 0.4) is 0 Å². The molecule has 3 heterocycles. The first-order chi connectivity index (χ1) is 14.3. The number of carbonyl (C=O) groups excluding carboxylic acids is 1. The van der Waals surface area contributed by atoms with Crippen molar-refractivity contribution in [3.8, 4) is 5.75 Å². The molecule has 1 aromatic rings. The second-order valence-electron chi connectivity index (χ2n) is 8.84. The fraction of sp³-hybridized carbons (Fsp3) is 0.682. The third-order valence-electron chi connectivity index (χ3n) is 6.61. The summed E-state index contributed by atoms with van der Waals surface area (Å²) in [4.78, 5) is 15.1. The Kier molecular flexibility index (Phi) is 6.36. The number of fused-ring (bicyclic) bond motifs is 5. The van der Waals surface area contributed by atoms with E-state index in [-0.39, 0.29) is 24.1 Å². The van der Waals surface area contributed by atoms with Gasteiger partial charge in [0.15, 0.2) is 6.10 Å². The van der Waals surface area contributed by atoms with Gasteiger partial charge in [0.25, 0.3) is 5.91 Å². The molecule has 0 spiro atoms. The van der Waals surface area contributed by atoms with Crippen LogP contribution in [0.4, 0.5) is 0 Å². The van der Waals surface area contributed by atoms with Gasteiger partial charge in [-0.3, -0.25) is 4.79 Å². The normalized spacial score (nSPS) is 32.8. The molecule has 1 saturated carbocycles. The number of para-hydroxylation sites is 1. The van der Waals surface area contributed by atoms with Gasteiger partial charge in [-0.15, -0.1) is 0 Å². The molecule has 7 nitrogen and oxygen atoms in total. The van der Waals surface area contributed by atoms with E-state index in [1.807, 2.05) is 18.2 Å². The number of nitrogens with one attached hydrogen (secondary N) is 1. The Hall–Kier alpha value is -1.64. The maximum absolute atomic E-state index is 13.3. The van der Waals surface area contributed by atoms with E-state index < -0.39 is 16.1 Å². The summed E-state index contributed by atoms with van der Waals surface area (Å²) in [6.07, 6.45) is 6.05. The maximum atomic E-state index is 13.3. The molecule has 166 valence electrons. The van der Waals surface area contributed by atoms with Gasteiger partial charge in [-0.1, -0.05) is 18.2 Å². The lowest BCUT2D eigenvalue weighted by molar-refractivity contribution is -0.145. The maximum Gasteiger partial charge on any atom is 0.263 e. The van der Waals surface area contributed by atoms with Gasteiger partial charge < -0.3 is 14.4 Å². The molecule has 0 radical (unpaired) electrons. The average molecular weight is 437 g/mol. The minimum absolute atomic E-state index is 0.120. The number of amides is 1. The number of rotatable bonds is 2. The second kappa shape index (κ2) is 8.85. The zero-order valence-corrected chi connectivity index (χ0v) is 18.6. The molecule has 1 amide bonds. The second-order valence-corrected chi connectivity index (χ2v) is 10.6. The van der Waals surface area contributed by atoms with Crippen molar-refractivity contribution in [3.63, 3.8) is 0 Å². The zero-order valence-electron chi connectivity index (χ0n) is 17.7. The van der Waals surface area contributed by atoms with E-state index in [2.05, 4.69) is 10.8 Å². The Bertz CT molecular complexity index is 866. The van der Waals surface area contributed by atoms with Crippen molar-refractivity contribution in [1.82, 2.24) is 9.62 Å². The standard InChI is InChI=1S/C22H32N2O5S/c1-15-22(25)24-13-5-7-19(23-30(2,26)27)20(24)14-28-17-11-9-16(10-12-17)18-6-3-4-8-21(18)29-15/h3-4,6,8,15-17,19-20,23H,5,7,9-14H2,1-2H3/t15-,16?,17?,19+,20+/m1/s1. The highest BCUT2D eigenvalue weighted by Gasteiger charge is 2.39. The number of hydrogen-bond acceptors (Lipinski definition) is 5. The van der Waals surface area contributed by atoms with Crippen LogP contribution < -0.4 is 9.46 Å². The molecule has 1 aliphatic carbocycles. The Balaban J connectivity index is 1.65. The molecule has 0 aromatic heterocycles. The van der Waals surface area contributed by atoms with Gasteiger partial charge >= 0.3 is 0 Å². The largest absolute Gasteiger partial charge is 0.481 e. The molecule has 30 heavy (non-hydrogen) atoms. The number of piperidine rings is 1. The minimum Gasteiger partial charge on any atom is -0.481 e. The zero-order chi connectivity index (χ0) is 21.3. The third-order valence-corrected chi connectivity index (χ3v) is 7.35. The first-order valence-corrected chi connectivity index (χ1v) is 12.9. The Morgan fingerprint density at radius 2 is 1.83 bits per heavy atom. The summed E-state index contributed by atoms with van der Waals surface area (Å²) in [5, 5.41) is 0. The van der Waals surface area contributed by atoms with Crippen molar-refractivity contribution in [2.75, 3.05) is 19.4 Å². The lowest BCUT2D eigenvalue weighted by Gasteiger charge is -2.42. The molecule has 5 rings (SSSR count). The number of nitrogens with zero attached hydrogens (tertiary/aromatic N) is 1. The fourth-order valence-corrected chi connectivity index (χ4v) is 5.95. The first kappa shape index (κ1) is 21.6. The summed E-state index contributed by atoms with van der Waals surface area (Å²) in [5.41, 5.74) is 1.17. The first-order valence-electron chi connectivity index (χ1n) is 11.0. The highest BCUT2D eigenvalue weighted by Crippen LogP contribution is 2.39. The van der Waals surface area contributed by atoms with E-state index >= 15 is 0 Å². The topological polar surface area (TPSA) is 84.9 Å². The van der Waals surface area contributed by atoms with Crippen LogP contribution in [0, 0.1) is 0 Å². The predicted octanol–water partition coefficient (Wildman–Crippen LogP) is 2.42. The van der Waals surface area contributed by atoms with Crippen LogP contribution in [0.25, 0.3) is 0 Å². The summed E-state index contributed by atoms with van der Waals surface area (Å²) in [6, 6.07) is 7.34. The van der Waals surface area contributed by atoms with Crippen molar-refractivity contribution in [2.45, 2.75) is 75.7 Å². The molecule has 4 aliphatic rings. The number of ether oxygens (including phenoxy) is 2. The van der Waals surface area contributed by atoms with Crippen LogP contribution in [-0.2, 0) is 19.6 Å². The van der Waals surface area contributed by atoms with E-state index in [1.54, 1.807) is 11.8 Å². The highest BCUT2D eigenvalue weighted by atomic mass is 32.2. The van der Waals surface area contributed by atoms with Gasteiger partial charge in [-0.05, 0) is 63.0 Å². The summed E-state index contributed by atoms with van der Waals surface area (Å²) in [6.45, 7) is 2.70. The predicted molar refractivity (Wildman–Crippen MR) is 114 cm³/mol. The van der Waals surface area contributed by atoms with Crippen LogP contribution >= 0.6 is 0 Å². The number of sulfonamides is 1. The lowest BCUT2D eigenvalue weighted by Crippen LogP contribution is -2.60. The number of benzene rings is 1. The van der Waals surface area contributed by atoms with E-state index in [1.165, 1.54) is 5.56 Å². The molecule has 8 heteroatoms. The average Bonchev–Trinajstić information content (AvgIpc) is 2.72. The van der Waals surface area contributed by atoms with E-state index in [0.29, 0.717) is 25.5 Å². The van der Waals surface area contributed by atoms with Crippen molar-refractivity contribution >= 4 is 15.9 Å². The van der Waals surface area contributed by atoms with Crippen LogP contribution in [0.1, 0.15) is 56.9 Å². The molecule has 1 N–H and O–H groups in total. The van der Waals surface area contributed by atoms with Gasteiger partial charge in [0.1, 0.15) is 5.75 Å². The summed E-state index contributed by atoms with van der Waals surface area (Å²) >= 11 is 0. The van der Waals surface area contributed by atoms with E-state index in [0.717, 1.165) is 44.1 Å². The van der Waals surface area contributed by atoms with Crippen LogP contribution in [0.15, 0.2) is 24.3 Å². The Morgan fingerprint density at radius 3 is 2.57 bits per heavy atom. The molecular formula is C22H32N2O5S. The smallest absolute Gasteiger partial charge is 0.263 e. The quantitative estimate of drug-likeness (QED) is 0.770. The molecule has 3 atom stereocenters. The highest BCUT2D eigenvalue weighted by molar-refractivity contribution is 7.88. The number of hydrogen-bond donors (Lipinski definition) is 1. The van der Waals surface area contributed by atoms with Crippen molar-refractivity contribution < 1.29 is 22.7 Å². The van der Waals surface area contributed by atoms with Crippen LogP contribution in [0.5, 0.6) is 5.75 Å². The minimum atomic E-state index is -3.39. The van der Waals surface area contributed by atoms with E-state index in [9.17, 15) is 13.2 Å². The molecule has 0 unspecified atom stereocenters. The fourth-order valence-electron chi connectivity index (χ4n) is 5.12. The SMILES string of the molecule is C[C@H]1Oc2ccccc2C2CCC(CC2)OC[C@H]2[C@@H](NS(C)(=O)=O)CCCN2C1=O. The van der Waals surface area contributed by atoms with Gasteiger partial charge in [0.05, 0.1) is 25.0 Å². The summed E-state index contributed by atoms with van der Waals surface area (Å²) < 4.78 is 39.0. The van der Waals surface area contributed by atoms with Gasteiger partial charge in [0, 0.05) is 12.6 Å². The van der Waals surface area contributed by atoms with E-state index in [4.69, 9.17) is 9.47 Å². The van der Waals surface area contributed by atoms with Crippen molar-refractivity contribution in [2.24, 2.45) is 0 Å². The number of carbonyl (C=O) groups is 1. The molecule has 1 saturated heterocycles. The van der Waals surface area contributed by atoms with Crippen molar-refractivity contribution in [1.29, 1.82) is 0 Å². The lowest BCUT2D eigenvalue weighted by atomic mass is 9.82. The van der Waals surface area contributed by atoms with Crippen LogP contribution in [-0.4, -0.2) is 62.9 Å².